The van der Waals surface area contributed by atoms with Crippen LogP contribution in [-0.2, 0) is 6.42 Å². The van der Waals surface area contributed by atoms with Crippen LogP contribution < -0.4 is 0 Å². The molecular weight excluding hydrogens is 250 g/mol. The molecule has 3 rings (SSSR count). The largest absolute Gasteiger partial charge is 0.459 e. The van der Waals surface area contributed by atoms with Crippen LogP contribution in [0.4, 0.5) is 0 Å². The molecule has 1 saturated heterocycles. The Hall–Kier alpha value is -2.03. The molecule has 0 unspecified atom stereocenters. The molecule has 0 spiro atoms. The summed E-state index contributed by atoms with van der Waals surface area (Å²) in [5.74, 6) is 1.15. The fourth-order valence-corrected chi connectivity index (χ4v) is 2.84. The van der Waals surface area contributed by atoms with E-state index in [1.807, 2.05) is 11.0 Å². The van der Waals surface area contributed by atoms with Gasteiger partial charge in [-0.3, -0.25) is 4.79 Å². The number of carbonyl (C=O) groups is 1. The van der Waals surface area contributed by atoms with Gasteiger partial charge in [-0.2, -0.15) is 0 Å². The summed E-state index contributed by atoms with van der Waals surface area (Å²) in [6.45, 7) is 1.66. The van der Waals surface area contributed by atoms with E-state index >= 15 is 0 Å². The molecule has 1 amide bonds. The molecule has 1 aliphatic heterocycles. The second-order valence-corrected chi connectivity index (χ2v) is 5.40. The van der Waals surface area contributed by atoms with E-state index in [1.54, 1.807) is 18.4 Å². The zero-order chi connectivity index (χ0) is 13.8. The Bertz CT molecular complexity index is 540. The van der Waals surface area contributed by atoms with Crippen LogP contribution in [0.5, 0.6) is 0 Å². The highest BCUT2D eigenvalue weighted by atomic mass is 16.3. The minimum absolute atomic E-state index is 0.0214. The van der Waals surface area contributed by atoms with Crippen molar-refractivity contribution in [3.05, 3.63) is 60.1 Å². The summed E-state index contributed by atoms with van der Waals surface area (Å²) in [7, 11) is 0. The van der Waals surface area contributed by atoms with Crippen LogP contribution in [0, 0.1) is 5.92 Å². The number of hydrogen-bond donors (Lipinski definition) is 0. The number of likely N-dealkylation sites (tertiary alicyclic amines) is 1. The average molecular weight is 269 g/mol. The zero-order valence-electron chi connectivity index (χ0n) is 11.5. The van der Waals surface area contributed by atoms with Crippen LogP contribution in [0.1, 0.15) is 29.0 Å². The molecule has 1 aliphatic rings. The summed E-state index contributed by atoms with van der Waals surface area (Å²) in [5, 5.41) is 0. The highest BCUT2D eigenvalue weighted by molar-refractivity contribution is 5.91. The van der Waals surface area contributed by atoms with Gasteiger partial charge in [0.1, 0.15) is 0 Å². The summed E-state index contributed by atoms with van der Waals surface area (Å²) >= 11 is 0. The van der Waals surface area contributed by atoms with Crippen molar-refractivity contribution in [1.82, 2.24) is 4.90 Å². The molecule has 0 atom stereocenters. The fourth-order valence-electron chi connectivity index (χ4n) is 2.84. The monoisotopic (exact) mass is 269 g/mol. The van der Waals surface area contributed by atoms with Gasteiger partial charge in [0, 0.05) is 13.1 Å². The van der Waals surface area contributed by atoms with Crippen molar-refractivity contribution in [2.24, 2.45) is 5.92 Å². The normalized spacial score (nSPS) is 16.3. The lowest BCUT2D eigenvalue weighted by molar-refractivity contribution is 0.0658. The van der Waals surface area contributed by atoms with Gasteiger partial charge < -0.3 is 9.32 Å². The van der Waals surface area contributed by atoms with Gasteiger partial charge in [0.2, 0.25) is 0 Å². The Labute approximate surface area is 119 Å². The maximum Gasteiger partial charge on any atom is 0.289 e. The molecule has 20 heavy (non-hydrogen) atoms. The van der Waals surface area contributed by atoms with Gasteiger partial charge in [-0.05, 0) is 42.9 Å². The van der Waals surface area contributed by atoms with Gasteiger partial charge >= 0.3 is 0 Å². The fraction of sp³-hybridized carbons (Fsp3) is 0.353. The number of rotatable bonds is 3. The number of carbonyl (C=O) groups excluding carboxylic acids is 1. The number of piperidine rings is 1. The number of hydrogen-bond acceptors (Lipinski definition) is 2. The molecule has 2 heterocycles. The maximum atomic E-state index is 12.2. The summed E-state index contributed by atoms with van der Waals surface area (Å²) in [4.78, 5) is 14.1. The summed E-state index contributed by atoms with van der Waals surface area (Å²) in [6, 6.07) is 14.1. The quantitative estimate of drug-likeness (QED) is 0.856. The molecule has 3 heteroatoms. The van der Waals surface area contributed by atoms with Gasteiger partial charge in [0.15, 0.2) is 5.76 Å². The molecule has 104 valence electrons. The number of nitrogens with zero attached hydrogens (tertiary/aromatic N) is 1. The van der Waals surface area contributed by atoms with Crippen molar-refractivity contribution < 1.29 is 9.21 Å². The Morgan fingerprint density at radius 1 is 1.10 bits per heavy atom. The SMILES string of the molecule is O=C(c1ccco1)N1CCC(Cc2ccccc2)CC1. The van der Waals surface area contributed by atoms with Crippen LogP contribution in [0.25, 0.3) is 0 Å². The van der Waals surface area contributed by atoms with Crippen molar-refractivity contribution in [3.8, 4) is 0 Å². The molecule has 0 bridgehead atoms. The Morgan fingerprint density at radius 2 is 1.85 bits per heavy atom. The van der Waals surface area contributed by atoms with Crippen molar-refractivity contribution >= 4 is 5.91 Å². The van der Waals surface area contributed by atoms with Crippen molar-refractivity contribution in [1.29, 1.82) is 0 Å². The lowest BCUT2D eigenvalue weighted by atomic mass is 9.90. The topological polar surface area (TPSA) is 33.5 Å². The van der Waals surface area contributed by atoms with Gasteiger partial charge in [0.05, 0.1) is 6.26 Å². The van der Waals surface area contributed by atoms with Crippen LogP contribution in [0.15, 0.2) is 53.1 Å². The summed E-state index contributed by atoms with van der Waals surface area (Å²) in [6.07, 6.45) is 4.81. The van der Waals surface area contributed by atoms with E-state index in [2.05, 4.69) is 24.3 Å². The Morgan fingerprint density at radius 3 is 2.50 bits per heavy atom. The van der Waals surface area contributed by atoms with Gasteiger partial charge in [0.25, 0.3) is 5.91 Å². The number of furan rings is 1. The third kappa shape index (κ3) is 2.93. The second kappa shape index (κ2) is 5.95. The minimum atomic E-state index is 0.0214. The first-order valence-corrected chi connectivity index (χ1v) is 7.19. The zero-order valence-corrected chi connectivity index (χ0v) is 11.5. The molecule has 0 aliphatic carbocycles. The van der Waals surface area contributed by atoms with E-state index in [-0.39, 0.29) is 5.91 Å². The third-order valence-corrected chi connectivity index (χ3v) is 4.00. The van der Waals surface area contributed by atoms with Crippen molar-refractivity contribution in [2.75, 3.05) is 13.1 Å². The third-order valence-electron chi connectivity index (χ3n) is 4.00. The van der Waals surface area contributed by atoms with Crippen molar-refractivity contribution in [2.45, 2.75) is 19.3 Å². The van der Waals surface area contributed by atoms with Crippen LogP contribution in [0.3, 0.4) is 0 Å². The first-order valence-electron chi connectivity index (χ1n) is 7.19. The van der Waals surface area contributed by atoms with E-state index in [0.29, 0.717) is 11.7 Å². The lowest BCUT2D eigenvalue weighted by Crippen LogP contribution is -2.38. The highest BCUT2D eigenvalue weighted by Crippen LogP contribution is 2.22. The van der Waals surface area contributed by atoms with E-state index in [0.717, 1.165) is 32.4 Å². The van der Waals surface area contributed by atoms with Gasteiger partial charge in [-0.25, -0.2) is 0 Å². The molecule has 1 aromatic carbocycles. The first kappa shape index (κ1) is 13.0. The average Bonchev–Trinajstić information content (AvgIpc) is 3.03. The smallest absolute Gasteiger partial charge is 0.289 e. The second-order valence-electron chi connectivity index (χ2n) is 5.40. The number of benzene rings is 1. The molecule has 3 nitrogen and oxygen atoms in total. The predicted molar refractivity (Wildman–Crippen MR) is 77.5 cm³/mol. The van der Waals surface area contributed by atoms with Crippen LogP contribution in [0.2, 0.25) is 0 Å². The standard InChI is InChI=1S/C17H19NO2/c19-17(16-7-4-12-20-16)18-10-8-15(9-11-18)13-14-5-2-1-3-6-14/h1-7,12,15H,8-11,13H2. The predicted octanol–water partition coefficient (Wildman–Crippen LogP) is 3.37. The Kier molecular flexibility index (Phi) is 3.86. The van der Waals surface area contributed by atoms with Crippen LogP contribution in [-0.4, -0.2) is 23.9 Å². The van der Waals surface area contributed by atoms with E-state index < -0.39 is 0 Å². The highest BCUT2D eigenvalue weighted by Gasteiger charge is 2.24. The molecular formula is C17H19NO2. The molecule has 0 radical (unpaired) electrons. The van der Waals surface area contributed by atoms with Crippen molar-refractivity contribution in [3.63, 3.8) is 0 Å². The van der Waals surface area contributed by atoms with Gasteiger partial charge in [-0.1, -0.05) is 30.3 Å². The van der Waals surface area contributed by atoms with E-state index in [1.165, 1.54) is 5.56 Å². The van der Waals surface area contributed by atoms with E-state index in [9.17, 15) is 4.79 Å². The molecule has 1 fully saturated rings. The summed E-state index contributed by atoms with van der Waals surface area (Å²) in [5.41, 5.74) is 1.39. The van der Waals surface area contributed by atoms with Crippen LogP contribution >= 0.6 is 0 Å². The maximum absolute atomic E-state index is 12.2. The van der Waals surface area contributed by atoms with E-state index in [4.69, 9.17) is 4.42 Å². The lowest BCUT2D eigenvalue weighted by Gasteiger charge is -2.31. The number of amides is 1. The molecule has 0 N–H and O–H groups in total. The summed E-state index contributed by atoms with van der Waals surface area (Å²) < 4.78 is 5.18. The molecule has 1 aromatic heterocycles. The first-order chi connectivity index (χ1) is 9.83. The minimum Gasteiger partial charge on any atom is -0.459 e. The van der Waals surface area contributed by atoms with Gasteiger partial charge in [-0.15, -0.1) is 0 Å². The molecule has 0 saturated carbocycles. The molecule has 2 aromatic rings. The Balaban J connectivity index is 1.53.